The minimum absolute atomic E-state index is 0.125. The molecule has 4 amide bonds. The van der Waals surface area contributed by atoms with E-state index in [1.807, 2.05) is 37.3 Å². The maximum atomic E-state index is 13.1. The Morgan fingerprint density at radius 3 is 2.41 bits per heavy atom. The van der Waals surface area contributed by atoms with Gasteiger partial charge in [-0.1, -0.05) is 50.1 Å². The Labute approximate surface area is 226 Å². The van der Waals surface area contributed by atoms with Crippen molar-refractivity contribution in [2.24, 2.45) is 0 Å². The first-order valence-electron chi connectivity index (χ1n) is 10.1. The van der Waals surface area contributed by atoms with Crippen molar-refractivity contribution in [2.75, 3.05) is 4.90 Å². The molecule has 1 saturated heterocycles. The van der Waals surface area contributed by atoms with E-state index in [1.165, 1.54) is 6.08 Å². The summed E-state index contributed by atoms with van der Waals surface area (Å²) in [4.78, 5) is 39.0. The molecule has 34 heavy (non-hydrogen) atoms. The number of anilines is 1. The van der Waals surface area contributed by atoms with Crippen LogP contribution in [0.1, 0.15) is 16.7 Å². The van der Waals surface area contributed by atoms with Crippen molar-refractivity contribution in [3.8, 4) is 5.75 Å². The Balaban J connectivity index is 1.56. The molecule has 3 aromatic rings. The van der Waals surface area contributed by atoms with Crippen molar-refractivity contribution in [1.29, 1.82) is 0 Å². The molecule has 0 aliphatic carbocycles. The van der Waals surface area contributed by atoms with E-state index < -0.39 is 17.8 Å². The number of barbiturate groups is 1. The summed E-state index contributed by atoms with van der Waals surface area (Å²) < 4.78 is 8.59. The van der Waals surface area contributed by atoms with E-state index in [0.29, 0.717) is 23.6 Å². The van der Waals surface area contributed by atoms with E-state index in [4.69, 9.17) is 4.74 Å². The predicted molar refractivity (Wildman–Crippen MR) is 146 cm³/mol. The van der Waals surface area contributed by atoms with Crippen LogP contribution in [0.25, 0.3) is 6.08 Å². The number of nitrogens with one attached hydrogen (secondary N) is 1. The molecule has 1 aliphatic heterocycles. The number of urea groups is 1. The highest BCUT2D eigenvalue weighted by Gasteiger charge is 2.36. The summed E-state index contributed by atoms with van der Waals surface area (Å²) in [7, 11) is 0. The fraction of sp³-hybridized carbons (Fsp3) is 0.0800. The van der Waals surface area contributed by atoms with Gasteiger partial charge in [-0.05, 0) is 94.7 Å². The standard InChI is InChI=1S/C25H17Br2IN2O4/c1-14-10-18(7-8-20(14)27)30-24(32)19(23(31)29-25(30)33)11-16-4-9-22(21(28)12-16)34-13-15-2-5-17(26)6-3-15/h2-12H,13H2,1H3,(H,29,31,33)/b19-11+. The first-order chi connectivity index (χ1) is 16.2. The molecule has 1 fully saturated rings. The van der Waals surface area contributed by atoms with Gasteiger partial charge < -0.3 is 4.74 Å². The zero-order valence-corrected chi connectivity index (χ0v) is 23.1. The topological polar surface area (TPSA) is 75.7 Å². The second kappa shape index (κ2) is 10.4. The average Bonchev–Trinajstić information content (AvgIpc) is 2.79. The molecule has 0 bridgehead atoms. The van der Waals surface area contributed by atoms with Crippen LogP contribution in [0.4, 0.5) is 10.5 Å². The largest absolute Gasteiger partial charge is 0.488 e. The Morgan fingerprint density at radius 2 is 1.74 bits per heavy atom. The van der Waals surface area contributed by atoms with Crippen LogP contribution in [0.15, 0.2) is 75.2 Å². The van der Waals surface area contributed by atoms with Gasteiger partial charge in [0.15, 0.2) is 0 Å². The van der Waals surface area contributed by atoms with Crippen molar-refractivity contribution < 1.29 is 19.1 Å². The summed E-state index contributed by atoms with van der Waals surface area (Å²) in [5.74, 6) is -0.723. The number of rotatable bonds is 5. The monoisotopic (exact) mass is 694 g/mol. The maximum Gasteiger partial charge on any atom is 0.335 e. The van der Waals surface area contributed by atoms with Crippen LogP contribution < -0.4 is 15.0 Å². The lowest BCUT2D eigenvalue weighted by Crippen LogP contribution is -2.54. The van der Waals surface area contributed by atoms with Crippen LogP contribution in [0.2, 0.25) is 0 Å². The first kappa shape index (κ1) is 24.6. The molecule has 0 spiro atoms. The molecule has 1 N–H and O–H groups in total. The number of amides is 4. The number of imide groups is 2. The second-order valence-corrected chi connectivity index (χ2v) is 10.4. The van der Waals surface area contributed by atoms with Gasteiger partial charge in [-0.25, -0.2) is 9.69 Å². The van der Waals surface area contributed by atoms with E-state index in [9.17, 15) is 14.4 Å². The lowest BCUT2D eigenvalue weighted by molar-refractivity contribution is -0.122. The summed E-state index contributed by atoms with van der Waals surface area (Å²) >= 11 is 8.97. The van der Waals surface area contributed by atoms with Gasteiger partial charge in [0.05, 0.1) is 9.26 Å². The molecular formula is C25H17Br2IN2O4. The van der Waals surface area contributed by atoms with Gasteiger partial charge in [0.25, 0.3) is 11.8 Å². The van der Waals surface area contributed by atoms with Crippen molar-refractivity contribution in [2.45, 2.75) is 13.5 Å². The number of aryl methyl sites for hydroxylation is 1. The van der Waals surface area contributed by atoms with E-state index in [0.717, 1.165) is 28.5 Å². The molecule has 0 radical (unpaired) electrons. The molecule has 3 aromatic carbocycles. The highest BCUT2D eigenvalue weighted by atomic mass is 127. The van der Waals surface area contributed by atoms with Gasteiger partial charge in [-0.15, -0.1) is 0 Å². The first-order valence-corrected chi connectivity index (χ1v) is 12.7. The summed E-state index contributed by atoms with van der Waals surface area (Å²) in [5, 5.41) is 2.25. The van der Waals surface area contributed by atoms with Gasteiger partial charge in [-0.3, -0.25) is 14.9 Å². The fourth-order valence-corrected chi connectivity index (χ4v) is 4.50. The second-order valence-electron chi connectivity index (χ2n) is 7.50. The smallest absolute Gasteiger partial charge is 0.335 e. The molecule has 0 atom stereocenters. The lowest BCUT2D eigenvalue weighted by atomic mass is 10.1. The molecule has 1 aliphatic rings. The van der Waals surface area contributed by atoms with Gasteiger partial charge in [0.1, 0.15) is 17.9 Å². The molecule has 1 heterocycles. The minimum atomic E-state index is -0.778. The van der Waals surface area contributed by atoms with Gasteiger partial charge in [0.2, 0.25) is 0 Å². The summed E-state index contributed by atoms with van der Waals surface area (Å²) in [6.45, 7) is 2.26. The van der Waals surface area contributed by atoms with E-state index in [2.05, 4.69) is 59.8 Å². The Morgan fingerprint density at radius 1 is 1.00 bits per heavy atom. The number of hydrogen-bond donors (Lipinski definition) is 1. The van der Waals surface area contributed by atoms with E-state index >= 15 is 0 Å². The molecule has 6 nitrogen and oxygen atoms in total. The SMILES string of the molecule is Cc1cc(N2C(=O)NC(=O)/C(=C\c3ccc(OCc4ccc(Br)cc4)c(I)c3)C2=O)ccc1Br. The van der Waals surface area contributed by atoms with Gasteiger partial charge >= 0.3 is 6.03 Å². The number of benzene rings is 3. The van der Waals surface area contributed by atoms with Gasteiger partial charge in [-0.2, -0.15) is 0 Å². The number of halogens is 3. The van der Waals surface area contributed by atoms with Crippen molar-refractivity contribution in [3.05, 3.63) is 95.4 Å². The number of hydrogen-bond acceptors (Lipinski definition) is 4. The fourth-order valence-electron chi connectivity index (χ4n) is 3.29. The highest BCUT2D eigenvalue weighted by molar-refractivity contribution is 14.1. The zero-order chi connectivity index (χ0) is 24.4. The number of nitrogens with zero attached hydrogens (tertiary/aromatic N) is 1. The Bertz CT molecular complexity index is 1340. The van der Waals surface area contributed by atoms with Crippen molar-refractivity contribution in [3.63, 3.8) is 0 Å². The normalized spacial score (nSPS) is 15.0. The van der Waals surface area contributed by atoms with Crippen LogP contribution in [0.5, 0.6) is 5.75 Å². The summed E-state index contributed by atoms with van der Waals surface area (Å²) in [5.41, 5.74) is 2.78. The van der Waals surface area contributed by atoms with Crippen LogP contribution in [0.3, 0.4) is 0 Å². The number of carbonyl (C=O) groups excluding carboxylic acids is 3. The summed E-state index contributed by atoms with van der Waals surface area (Å²) in [6.07, 6.45) is 1.48. The van der Waals surface area contributed by atoms with Crippen LogP contribution in [-0.2, 0) is 16.2 Å². The summed E-state index contributed by atoms with van der Waals surface area (Å²) in [6, 6.07) is 17.5. The Kier molecular flexibility index (Phi) is 7.54. The molecular weight excluding hydrogens is 679 g/mol. The quantitative estimate of drug-likeness (QED) is 0.191. The third-order valence-electron chi connectivity index (χ3n) is 5.08. The average molecular weight is 696 g/mol. The molecule has 172 valence electrons. The molecule has 4 rings (SSSR count). The van der Waals surface area contributed by atoms with E-state index in [1.54, 1.807) is 30.3 Å². The third kappa shape index (κ3) is 5.42. The molecule has 9 heteroatoms. The van der Waals surface area contributed by atoms with Gasteiger partial charge in [0, 0.05) is 8.95 Å². The number of carbonyl (C=O) groups is 3. The third-order valence-corrected chi connectivity index (χ3v) is 7.34. The molecule has 0 aromatic heterocycles. The molecule has 0 saturated carbocycles. The van der Waals surface area contributed by atoms with Crippen molar-refractivity contribution in [1.82, 2.24) is 5.32 Å². The maximum absolute atomic E-state index is 13.1. The predicted octanol–water partition coefficient (Wildman–Crippen LogP) is 6.37. The van der Waals surface area contributed by atoms with Crippen LogP contribution in [-0.4, -0.2) is 17.8 Å². The number of ether oxygens (including phenoxy) is 1. The van der Waals surface area contributed by atoms with Crippen molar-refractivity contribution >= 4 is 84.1 Å². The zero-order valence-electron chi connectivity index (χ0n) is 17.8. The van der Waals surface area contributed by atoms with Crippen LogP contribution in [0, 0.1) is 10.5 Å². The Hall–Kier alpha value is -2.50. The van der Waals surface area contributed by atoms with E-state index in [-0.39, 0.29) is 5.57 Å². The highest BCUT2D eigenvalue weighted by Crippen LogP contribution is 2.28. The molecule has 0 unspecified atom stereocenters. The lowest BCUT2D eigenvalue weighted by Gasteiger charge is -2.26. The van der Waals surface area contributed by atoms with Crippen LogP contribution >= 0.6 is 54.5 Å². The minimum Gasteiger partial charge on any atom is -0.488 e.